The van der Waals surface area contributed by atoms with Crippen molar-refractivity contribution >= 4 is 35.0 Å². The van der Waals surface area contributed by atoms with Crippen LogP contribution in [-0.2, 0) is 9.53 Å². The van der Waals surface area contributed by atoms with E-state index < -0.39 is 23.2 Å². The number of ether oxygens (including phenoxy) is 2. The number of nitrogens with zero attached hydrogens (tertiary/aromatic N) is 4. The molecule has 2 unspecified atom stereocenters. The summed E-state index contributed by atoms with van der Waals surface area (Å²) in [6.45, 7) is 5.85. The van der Waals surface area contributed by atoms with Crippen molar-refractivity contribution < 1.29 is 23.5 Å². The number of nitriles is 2. The summed E-state index contributed by atoms with van der Waals surface area (Å²) in [6, 6.07) is 5.43. The van der Waals surface area contributed by atoms with E-state index in [1.165, 1.54) is 29.2 Å². The van der Waals surface area contributed by atoms with Crippen LogP contribution in [-0.4, -0.2) is 48.2 Å². The molecule has 2 heterocycles. The van der Waals surface area contributed by atoms with Gasteiger partial charge in [0.05, 0.1) is 34.4 Å². The highest BCUT2D eigenvalue weighted by Crippen LogP contribution is 2.42. The van der Waals surface area contributed by atoms with E-state index in [0.717, 1.165) is 0 Å². The Morgan fingerprint density at radius 3 is 2.59 bits per heavy atom. The molecule has 4 rings (SSSR count). The molecular weight excluding hydrogens is 525 g/mol. The van der Waals surface area contributed by atoms with E-state index >= 15 is 0 Å². The average Bonchev–Trinajstić information content (AvgIpc) is 2.89. The molecule has 3 aliphatic rings. The van der Waals surface area contributed by atoms with Gasteiger partial charge >= 0.3 is 6.09 Å². The van der Waals surface area contributed by atoms with E-state index in [9.17, 15) is 19.2 Å². The van der Waals surface area contributed by atoms with Gasteiger partial charge < -0.3 is 14.4 Å². The van der Waals surface area contributed by atoms with Crippen molar-refractivity contribution in [3.05, 3.63) is 41.2 Å². The summed E-state index contributed by atoms with van der Waals surface area (Å²) in [5.74, 6) is -0.284. The number of likely N-dealkylation sites (tertiary alicyclic amines) is 1. The smallest absolute Gasteiger partial charge is 0.415 e. The van der Waals surface area contributed by atoms with Crippen molar-refractivity contribution in [2.45, 2.75) is 58.2 Å². The molecule has 1 N–H and O–H groups in total. The SMILES string of the molecule is CC(C)(C)OC(=O)N1CC(C(=O)N2CCC(C#N)(CC3C=CC(F)=CC3)CC2)Oc2cc(NC#N)c(Cl)cc21. The van der Waals surface area contributed by atoms with Gasteiger partial charge in [0.1, 0.15) is 17.2 Å². The largest absolute Gasteiger partial charge is 0.476 e. The van der Waals surface area contributed by atoms with E-state index in [2.05, 4.69) is 11.4 Å². The molecule has 0 saturated carbocycles. The number of carbonyl (C=O) groups excluding carboxylic acids is 2. The van der Waals surface area contributed by atoms with Gasteiger partial charge in [-0.3, -0.25) is 15.0 Å². The lowest BCUT2D eigenvalue weighted by Gasteiger charge is -2.41. The lowest BCUT2D eigenvalue weighted by molar-refractivity contribution is -0.140. The van der Waals surface area contributed by atoms with E-state index in [4.69, 9.17) is 26.3 Å². The van der Waals surface area contributed by atoms with Gasteiger partial charge in [0.2, 0.25) is 0 Å². The van der Waals surface area contributed by atoms with Crippen molar-refractivity contribution in [3.8, 4) is 18.0 Å². The fourth-order valence-electron chi connectivity index (χ4n) is 5.09. The summed E-state index contributed by atoms with van der Waals surface area (Å²) in [4.78, 5) is 29.7. The molecule has 11 heteroatoms. The molecule has 1 aliphatic carbocycles. The molecule has 39 heavy (non-hydrogen) atoms. The molecule has 1 aromatic carbocycles. The zero-order valence-corrected chi connectivity index (χ0v) is 22.9. The highest BCUT2D eigenvalue weighted by atomic mass is 35.5. The molecule has 2 atom stereocenters. The lowest BCUT2D eigenvalue weighted by atomic mass is 9.72. The third kappa shape index (κ3) is 6.46. The quantitative estimate of drug-likeness (QED) is 0.374. The van der Waals surface area contributed by atoms with Crippen LogP contribution in [0.15, 0.2) is 36.2 Å². The predicted octanol–water partition coefficient (Wildman–Crippen LogP) is 5.69. The number of fused-ring (bicyclic) bond motifs is 1. The highest BCUT2D eigenvalue weighted by molar-refractivity contribution is 6.33. The first kappa shape index (κ1) is 28.3. The highest BCUT2D eigenvalue weighted by Gasteiger charge is 2.42. The molecule has 9 nitrogen and oxygen atoms in total. The molecule has 0 spiro atoms. The zero-order chi connectivity index (χ0) is 28.4. The Hall–Kier alpha value is -3.76. The van der Waals surface area contributed by atoms with Gasteiger partial charge in [-0.05, 0) is 70.6 Å². The summed E-state index contributed by atoms with van der Waals surface area (Å²) in [6.07, 6.45) is 7.03. The Kier molecular flexibility index (Phi) is 8.08. The van der Waals surface area contributed by atoms with Crippen LogP contribution in [0.3, 0.4) is 0 Å². The molecule has 2 aliphatic heterocycles. The van der Waals surface area contributed by atoms with Gasteiger partial charge in [-0.1, -0.05) is 17.7 Å². The molecule has 1 aromatic rings. The van der Waals surface area contributed by atoms with Crippen LogP contribution >= 0.6 is 11.6 Å². The number of rotatable bonds is 4. The Morgan fingerprint density at radius 1 is 1.28 bits per heavy atom. The molecule has 0 bridgehead atoms. The van der Waals surface area contributed by atoms with Crippen LogP contribution in [0.25, 0.3) is 0 Å². The molecule has 0 radical (unpaired) electrons. The van der Waals surface area contributed by atoms with Crippen LogP contribution in [0.5, 0.6) is 5.75 Å². The van der Waals surface area contributed by atoms with Crippen molar-refractivity contribution in [2.75, 3.05) is 29.9 Å². The maximum atomic E-state index is 13.6. The second-order valence-corrected chi connectivity index (χ2v) is 11.5. The van der Waals surface area contributed by atoms with Gasteiger partial charge in [-0.2, -0.15) is 10.5 Å². The first-order valence-corrected chi connectivity index (χ1v) is 13.2. The van der Waals surface area contributed by atoms with Crippen LogP contribution in [0, 0.1) is 34.1 Å². The molecule has 1 saturated heterocycles. The van der Waals surface area contributed by atoms with Gasteiger partial charge in [0, 0.05) is 19.2 Å². The standard InChI is InChI=1S/C28H31ClFN5O4/c1-27(2,3)39-26(37)35-15-24(38-23-13-21(33-17-32)20(29)12-22(23)35)25(36)34-10-8-28(16-31,9-11-34)14-18-4-6-19(30)7-5-18/h4,6-7,12-13,18,24,33H,5,8-11,14-15H2,1-3H3. The van der Waals surface area contributed by atoms with Crippen molar-refractivity contribution in [1.29, 1.82) is 10.5 Å². The van der Waals surface area contributed by atoms with Gasteiger partial charge in [0.15, 0.2) is 12.3 Å². The Labute approximate surface area is 232 Å². The number of halogens is 2. The van der Waals surface area contributed by atoms with E-state index in [1.807, 2.05) is 6.08 Å². The molecule has 1 fully saturated rings. The van der Waals surface area contributed by atoms with Gasteiger partial charge in [-0.25, -0.2) is 9.18 Å². The second kappa shape index (κ2) is 11.2. The molecular formula is C28H31ClFN5O4. The fraction of sp³-hybridized carbons (Fsp3) is 0.500. The second-order valence-electron chi connectivity index (χ2n) is 11.1. The number of carbonyl (C=O) groups is 2. The first-order valence-electron chi connectivity index (χ1n) is 12.8. The van der Waals surface area contributed by atoms with Crippen molar-refractivity contribution in [3.63, 3.8) is 0 Å². The minimum atomic E-state index is -1.02. The number of nitrogens with one attached hydrogen (secondary N) is 1. The fourth-order valence-corrected chi connectivity index (χ4v) is 5.29. The van der Waals surface area contributed by atoms with Crippen LogP contribution in [0.2, 0.25) is 5.02 Å². The van der Waals surface area contributed by atoms with Crippen molar-refractivity contribution in [2.24, 2.45) is 11.3 Å². The van der Waals surface area contributed by atoms with Crippen LogP contribution in [0.1, 0.15) is 46.5 Å². The third-order valence-corrected chi connectivity index (χ3v) is 7.42. The summed E-state index contributed by atoms with van der Waals surface area (Å²) in [5.41, 5.74) is -0.776. The number of hydrogen-bond donors (Lipinski definition) is 1. The predicted molar refractivity (Wildman–Crippen MR) is 144 cm³/mol. The summed E-state index contributed by atoms with van der Waals surface area (Å²) in [7, 11) is 0. The zero-order valence-electron chi connectivity index (χ0n) is 22.2. The number of hydrogen-bond acceptors (Lipinski definition) is 7. The average molecular weight is 556 g/mol. The van der Waals surface area contributed by atoms with E-state index in [-0.39, 0.29) is 40.7 Å². The number of piperidine rings is 1. The molecule has 2 amide bonds. The Morgan fingerprint density at radius 2 is 2.00 bits per heavy atom. The maximum Gasteiger partial charge on any atom is 0.415 e. The number of benzene rings is 1. The lowest BCUT2D eigenvalue weighted by Crippen LogP contribution is -2.54. The minimum absolute atomic E-state index is 0.0787. The molecule has 0 aromatic heterocycles. The monoisotopic (exact) mass is 555 g/mol. The topological polar surface area (TPSA) is 119 Å². The number of allylic oxidation sites excluding steroid dienone is 4. The Bertz CT molecular complexity index is 1280. The Balaban J connectivity index is 1.51. The van der Waals surface area contributed by atoms with E-state index in [0.29, 0.717) is 44.5 Å². The van der Waals surface area contributed by atoms with Gasteiger partial charge in [0.25, 0.3) is 5.91 Å². The molecule has 206 valence electrons. The third-order valence-electron chi connectivity index (χ3n) is 7.10. The van der Waals surface area contributed by atoms with Crippen LogP contribution < -0.4 is 15.0 Å². The van der Waals surface area contributed by atoms with Gasteiger partial charge in [-0.15, -0.1) is 0 Å². The maximum absolute atomic E-state index is 13.6. The number of amides is 2. The summed E-state index contributed by atoms with van der Waals surface area (Å²) < 4.78 is 25.0. The minimum Gasteiger partial charge on any atom is -0.476 e. The van der Waals surface area contributed by atoms with Crippen LogP contribution in [0.4, 0.5) is 20.6 Å². The summed E-state index contributed by atoms with van der Waals surface area (Å²) in [5, 5.41) is 21.7. The normalized spacial score (nSPS) is 22.0. The first-order chi connectivity index (χ1) is 18.4. The summed E-state index contributed by atoms with van der Waals surface area (Å²) >= 11 is 6.31. The van der Waals surface area contributed by atoms with E-state index in [1.54, 1.807) is 31.9 Å². The number of anilines is 2. The van der Waals surface area contributed by atoms with Crippen molar-refractivity contribution in [1.82, 2.24) is 4.90 Å².